The minimum Gasteiger partial charge on any atom is -0.497 e. The average molecular weight is 274 g/mol. The van der Waals surface area contributed by atoms with Crippen LogP contribution in [0.3, 0.4) is 0 Å². The molecular formula is C16H22N2O2. The zero-order valence-electron chi connectivity index (χ0n) is 12.2. The fourth-order valence-corrected chi connectivity index (χ4v) is 2.75. The molecule has 0 saturated carbocycles. The SMILES string of the molecule is COc1ccc(C(CN(C)N=O)C2=CCCCC2)cc1. The molecule has 0 radical (unpaired) electrons. The maximum atomic E-state index is 10.7. The van der Waals surface area contributed by atoms with Crippen LogP contribution >= 0.6 is 0 Å². The van der Waals surface area contributed by atoms with Gasteiger partial charge in [-0.05, 0) is 43.4 Å². The van der Waals surface area contributed by atoms with Crippen LogP contribution in [0.5, 0.6) is 5.75 Å². The van der Waals surface area contributed by atoms with Gasteiger partial charge in [0.05, 0.1) is 12.4 Å². The van der Waals surface area contributed by atoms with E-state index < -0.39 is 0 Å². The molecule has 20 heavy (non-hydrogen) atoms. The summed E-state index contributed by atoms with van der Waals surface area (Å²) in [4.78, 5) is 10.7. The highest BCUT2D eigenvalue weighted by Crippen LogP contribution is 2.33. The molecule has 2 rings (SSSR count). The number of benzene rings is 1. The van der Waals surface area contributed by atoms with Crippen molar-refractivity contribution in [3.63, 3.8) is 0 Å². The molecule has 0 heterocycles. The normalized spacial score (nSPS) is 16.2. The molecule has 0 aliphatic heterocycles. The minimum absolute atomic E-state index is 0.240. The Morgan fingerprint density at radius 1 is 1.30 bits per heavy atom. The predicted molar refractivity (Wildman–Crippen MR) is 80.7 cm³/mol. The van der Waals surface area contributed by atoms with Crippen molar-refractivity contribution in [1.29, 1.82) is 0 Å². The van der Waals surface area contributed by atoms with E-state index in [0.717, 1.165) is 18.6 Å². The number of likely N-dealkylation sites (N-methyl/N-ethyl adjacent to an activating group) is 1. The Labute approximate surface area is 120 Å². The minimum atomic E-state index is 0.240. The molecule has 1 aromatic carbocycles. The maximum Gasteiger partial charge on any atom is 0.118 e. The van der Waals surface area contributed by atoms with Crippen molar-refractivity contribution in [3.05, 3.63) is 46.4 Å². The molecule has 0 amide bonds. The molecule has 4 nitrogen and oxygen atoms in total. The summed E-state index contributed by atoms with van der Waals surface area (Å²) in [6.07, 6.45) is 7.08. The Morgan fingerprint density at radius 3 is 2.60 bits per heavy atom. The molecule has 108 valence electrons. The van der Waals surface area contributed by atoms with E-state index in [4.69, 9.17) is 4.74 Å². The van der Waals surface area contributed by atoms with Gasteiger partial charge in [-0.1, -0.05) is 23.8 Å². The molecular weight excluding hydrogens is 252 g/mol. The number of allylic oxidation sites excluding steroid dienone is 1. The number of nitrogens with zero attached hydrogens (tertiary/aromatic N) is 2. The fraction of sp³-hybridized carbons (Fsp3) is 0.500. The lowest BCUT2D eigenvalue weighted by atomic mass is 9.84. The van der Waals surface area contributed by atoms with E-state index in [0.29, 0.717) is 6.54 Å². The Balaban J connectivity index is 2.24. The van der Waals surface area contributed by atoms with Crippen LogP contribution in [0.1, 0.15) is 37.2 Å². The molecule has 1 aliphatic carbocycles. The highest BCUT2D eigenvalue weighted by Gasteiger charge is 2.20. The van der Waals surface area contributed by atoms with E-state index >= 15 is 0 Å². The Kier molecular flexibility index (Phi) is 5.16. The van der Waals surface area contributed by atoms with Crippen molar-refractivity contribution in [3.8, 4) is 5.75 Å². The Bertz CT molecular complexity index is 468. The molecule has 0 aromatic heterocycles. The second kappa shape index (κ2) is 7.08. The second-order valence-corrected chi connectivity index (χ2v) is 5.27. The summed E-state index contributed by atoms with van der Waals surface area (Å²) in [7, 11) is 3.40. The lowest BCUT2D eigenvalue weighted by Gasteiger charge is -2.26. The van der Waals surface area contributed by atoms with Gasteiger partial charge in [0, 0.05) is 19.5 Å². The third-order valence-electron chi connectivity index (χ3n) is 3.88. The van der Waals surface area contributed by atoms with Crippen molar-refractivity contribution < 1.29 is 4.74 Å². The Morgan fingerprint density at radius 2 is 2.05 bits per heavy atom. The van der Waals surface area contributed by atoms with Gasteiger partial charge < -0.3 is 4.74 Å². The van der Waals surface area contributed by atoms with Crippen LogP contribution in [0.25, 0.3) is 0 Å². The molecule has 0 spiro atoms. The quantitative estimate of drug-likeness (QED) is 0.449. The van der Waals surface area contributed by atoms with Crippen molar-refractivity contribution in [2.45, 2.75) is 31.6 Å². The third-order valence-corrected chi connectivity index (χ3v) is 3.88. The first-order chi connectivity index (χ1) is 9.74. The highest BCUT2D eigenvalue weighted by molar-refractivity contribution is 5.35. The summed E-state index contributed by atoms with van der Waals surface area (Å²) in [6, 6.07) is 8.11. The second-order valence-electron chi connectivity index (χ2n) is 5.27. The van der Waals surface area contributed by atoms with E-state index in [9.17, 15) is 4.91 Å². The van der Waals surface area contributed by atoms with Crippen LogP contribution in [0.15, 0.2) is 41.2 Å². The largest absolute Gasteiger partial charge is 0.497 e. The lowest BCUT2D eigenvalue weighted by Crippen LogP contribution is -2.21. The van der Waals surface area contributed by atoms with E-state index in [1.54, 1.807) is 14.2 Å². The molecule has 1 aliphatic rings. The first-order valence-corrected chi connectivity index (χ1v) is 7.12. The number of hydrogen-bond acceptors (Lipinski definition) is 3. The van der Waals surface area contributed by atoms with Crippen LogP contribution in [0, 0.1) is 4.91 Å². The van der Waals surface area contributed by atoms with Gasteiger partial charge in [0.2, 0.25) is 0 Å². The average Bonchev–Trinajstić information content (AvgIpc) is 2.53. The van der Waals surface area contributed by atoms with Crippen LogP contribution in [-0.2, 0) is 0 Å². The highest BCUT2D eigenvalue weighted by atomic mass is 16.5. The molecule has 4 heteroatoms. The van der Waals surface area contributed by atoms with Gasteiger partial charge >= 0.3 is 0 Å². The molecule has 0 N–H and O–H groups in total. The van der Waals surface area contributed by atoms with Gasteiger partial charge in [-0.2, -0.15) is 0 Å². The topological polar surface area (TPSA) is 41.9 Å². The van der Waals surface area contributed by atoms with Gasteiger partial charge in [0.15, 0.2) is 0 Å². The Hall–Kier alpha value is -1.84. The van der Waals surface area contributed by atoms with Crippen molar-refractivity contribution >= 4 is 0 Å². The third kappa shape index (κ3) is 3.59. The van der Waals surface area contributed by atoms with Gasteiger partial charge in [-0.15, -0.1) is 4.91 Å². The smallest absolute Gasteiger partial charge is 0.118 e. The summed E-state index contributed by atoms with van der Waals surface area (Å²) in [6.45, 7) is 0.627. The monoisotopic (exact) mass is 274 g/mol. The number of methoxy groups -OCH3 is 1. The number of ether oxygens (including phenoxy) is 1. The first-order valence-electron chi connectivity index (χ1n) is 7.12. The van der Waals surface area contributed by atoms with Crippen LogP contribution in [0.2, 0.25) is 0 Å². The zero-order valence-corrected chi connectivity index (χ0v) is 12.2. The number of rotatable bonds is 6. The summed E-state index contributed by atoms with van der Waals surface area (Å²) < 4.78 is 5.20. The molecule has 0 saturated heterocycles. The van der Waals surface area contributed by atoms with E-state index in [1.165, 1.54) is 29.0 Å². The molecule has 1 unspecified atom stereocenters. The lowest BCUT2D eigenvalue weighted by molar-refractivity contribution is 0.331. The van der Waals surface area contributed by atoms with Crippen LogP contribution in [0.4, 0.5) is 0 Å². The maximum absolute atomic E-state index is 10.7. The van der Waals surface area contributed by atoms with E-state index in [2.05, 4.69) is 23.5 Å². The standard InChI is InChI=1S/C16H22N2O2/c1-18(17-19)12-16(13-6-4-3-5-7-13)14-8-10-15(20-2)11-9-14/h6,8-11,16H,3-5,7,12H2,1-2H3. The molecule has 0 bridgehead atoms. The number of nitroso groups, excluding NO2 is 1. The van der Waals surface area contributed by atoms with Crippen molar-refractivity contribution in [2.75, 3.05) is 20.7 Å². The molecule has 1 atom stereocenters. The summed E-state index contributed by atoms with van der Waals surface area (Å²) in [5.74, 6) is 1.09. The van der Waals surface area contributed by atoms with Gasteiger partial charge in [0.25, 0.3) is 0 Å². The first kappa shape index (κ1) is 14.6. The van der Waals surface area contributed by atoms with Gasteiger partial charge in [-0.3, -0.25) is 5.01 Å². The van der Waals surface area contributed by atoms with Crippen LogP contribution < -0.4 is 4.74 Å². The fourth-order valence-electron chi connectivity index (χ4n) is 2.75. The van der Waals surface area contributed by atoms with Gasteiger partial charge in [-0.25, -0.2) is 0 Å². The van der Waals surface area contributed by atoms with E-state index in [-0.39, 0.29) is 5.92 Å². The summed E-state index contributed by atoms with van der Waals surface area (Å²) in [5.41, 5.74) is 2.64. The zero-order chi connectivity index (χ0) is 14.4. The summed E-state index contributed by atoms with van der Waals surface area (Å²) >= 11 is 0. The number of hydrogen-bond donors (Lipinski definition) is 0. The van der Waals surface area contributed by atoms with Crippen molar-refractivity contribution in [2.24, 2.45) is 5.29 Å². The predicted octanol–water partition coefficient (Wildman–Crippen LogP) is 3.89. The molecule has 0 fully saturated rings. The van der Waals surface area contributed by atoms with Crippen molar-refractivity contribution in [1.82, 2.24) is 5.01 Å². The summed E-state index contributed by atoms with van der Waals surface area (Å²) in [5, 5.41) is 4.49. The van der Waals surface area contributed by atoms with Gasteiger partial charge in [0.1, 0.15) is 5.75 Å². The van der Waals surface area contributed by atoms with Crippen LogP contribution in [-0.4, -0.2) is 25.7 Å². The van der Waals surface area contributed by atoms with E-state index in [1.807, 2.05) is 12.1 Å². The molecule has 1 aromatic rings.